The lowest BCUT2D eigenvalue weighted by Crippen LogP contribution is -2.49. The zero-order valence-electron chi connectivity index (χ0n) is 11.3. The molecule has 0 rings (SSSR count). The van der Waals surface area contributed by atoms with Gasteiger partial charge in [-0.05, 0) is 26.8 Å². The summed E-state index contributed by atoms with van der Waals surface area (Å²) in [5.74, 6) is 0.0454. The molecule has 0 bridgehead atoms. The van der Waals surface area contributed by atoms with Crippen LogP contribution in [0.15, 0.2) is 0 Å². The molecular formula is C12H25N3OS. The van der Waals surface area contributed by atoms with Crippen molar-refractivity contribution in [3.05, 3.63) is 0 Å². The summed E-state index contributed by atoms with van der Waals surface area (Å²) >= 11 is 4.88. The molecule has 0 aromatic rings. The second-order valence-corrected chi connectivity index (χ2v) is 4.93. The topological polar surface area (TPSA) is 58.4 Å². The van der Waals surface area contributed by atoms with E-state index in [1.165, 1.54) is 0 Å². The lowest BCUT2D eigenvalue weighted by molar-refractivity contribution is -0.126. The largest absolute Gasteiger partial charge is 0.392 e. The molecule has 0 aromatic heterocycles. The number of likely N-dealkylation sites (N-methyl/N-ethyl adjacent to an activating group) is 1. The Balaban J connectivity index is 4.30. The monoisotopic (exact) mass is 259 g/mol. The third-order valence-electron chi connectivity index (χ3n) is 2.80. The Hall–Kier alpha value is -0.680. The fraction of sp³-hybridized carbons (Fsp3) is 0.833. The molecule has 1 amide bonds. The van der Waals surface area contributed by atoms with Crippen molar-refractivity contribution in [3.63, 3.8) is 0 Å². The van der Waals surface area contributed by atoms with Gasteiger partial charge in [-0.1, -0.05) is 32.5 Å². The molecule has 100 valence electrons. The summed E-state index contributed by atoms with van der Waals surface area (Å²) in [6.07, 6.45) is 2.07. The molecule has 0 saturated carbocycles. The molecule has 2 unspecified atom stereocenters. The van der Waals surface area contributed by atoms with E-state index in [9.17, 15) is 4.79 Å². The van der Waals surface area contributed by atoms with Gasteiger partial charge in [0, 0.05) is 12.6 Å². The molecule has 17 heavy (non-hydrogen) atoms. The first-order valence-electron chi connectivity index (χ1n) is 6.25. The molecule has 5 heteroatoms. The van der Waals surface area contributed by atoms with Crippen LogP contribution >= 0.6 is 12.2 Å². The summed E-state index contributed by atoms with van der Waals surface area (Å²) in [5.41, 5.74) is 5.51. The second-order valence-electron chi connectivity index (χ2n) is 4.40. The summed E-state index contributed by atoms with van der Waals surface area (Å²) in [6.45, 7) is 9.26. The first-order valence-corrected chi connectivity index (χ1v) is 6.65. The Morgan fingerprint density at radius 2 is 2.00 bits per heavy atom. The van der Waals surface area contributed by atoms with Crippen LogP contribution in [-0.4, -0.2) is 41.0 Å². The molecular weight excluding hydrogens is 234 g/mol. The highest BCUT2D eigenvalue weighted by molar-refractivity contribution is 7.80. The van der Waals surface area contributed by atoms with Gasteiger partial charge in [0.25, 0.3) is 0 Å². The van der Waals surface area contributed by atoms with Gasteiger partial charge in [-0.15, -0.1) is 0 Å². The quantitative estimate of drug-likeness (QED) is 0.645. The standard InChI is InChI=1S/C12H25N3OS/c1-5-7-9(3)14-12(16)10(4)15(6-2)8-11(13)17/h9-10H,5-8H2,1-4H3,(H2,13,17)(H,14,16). The number of nitrogens with one attached hydrogen (secondary N) is 1. The van der Waals surface area contributed by atoms with Crippen molar-refractivity contribution < 1.29 is 4.79 Å². The van der Waals surface area contributed by atoms with Gasteiger partial charge < -0.3 is 11.1 Å². The van der Waals surface area contributed by atoms with E-state index in [1.54, 1.807) is 0 Å². The average Bonchev–Trinajstić information content (AvgIpc) is 2.24. The van der Waals surface area contributed by atoms with Crippen molar-refractivity contribution in [2.45, 2.75) is 52.6 Å². The van der Waals surface area contributed by atoms with Gasteiger partial charge in [0.2, 0.25) is 5.91 Å². The van der Waals surface area contributed by atoms with E-state index in [0.29, 0.717) is 11.5 Å². The highest BCUT2D eigenvalue weighted by Gasteiger charge is 2.21. The van der Waals surface area contributed by atoms with Crippen LogP contribution in [0.4, 0.5) is 0 Å². The fourth-order valence-corrected chi connectivity index (χ4v) is 1.92. The lowest BCUT2D eigenvalue weighted by Gasteiger charge is -2.27. The minimum Gasteiger partial charge on any atom is -0.392 e. The Labute approximate surface area is 110 Å². The van der Waals surface area contributed by atoms with E-state index in [1.807, 2.05) is 25.7 Å². The fourth-order valence-electron chi connectivity index (χ4n) is 1.76. The van der Waals surface area contributed by atoms with Crippen molar-refractivity contribution >= 4 is 23.1 Å². The summed E-state index contributed by atoms with van der Waals surface area (Å²) in [7, 11) is 0. The Morgan fingerprint density at radius 3 is 2.41 bits per heavy atom. The number of hydrogen-bond acceptors (Lipinski definition) is 3. The average molecular weight is 259 g/mol. The normalized spacial score (nSPS) is 14.4. The number of amides is 1. The molecule has 0 radical (unpaired) electrons. The maximum absolute atomic E-state index is 12.0. The highest BCUT2D eigenvalue weighted by Crippen LogP contribution is 2.01. The number of carbonyl (C=O) groups excluding carboxylic acids is 1. The first kappa shape index (κ1) is 16.3. The van der Waals surface area contributed by atoms with Crippen molar-refractivity contribution in [3.8, 4) is 0 Å². The smallest absolute Gasteiger partial charge is 0.237 e. The third-order valence-corrected chi connectivity index (χ3v) is 2.93. The maximum Gasteiger partial charge on any atom is 0.237 e. The molecule has 0 aliphatic carbocycles. The molecule has 0 aromatic carbocycles. The van der Waals surface area contributed by atoms with Crippen LogP contribution in [0.2, 0.25) is 0 Å². The molecule has 4 nitrogen and oxygen atoms in total. The first-order chi connectivity index (χ1) is 7.92. The van der Waals surface area contributed by atoms with Gasteiger partial charge in [-0.2, -0.15) is 0 Å². The van der Waals surface area contributed by atoms with Crippen molar-refractivity contribution in [1.29, 1.82) is 0 Å². The zero-order valence-corrected chi connectivity index (χ0v) is 12.1. The van der Waals surface area contributed by atoms with E-state index in [2.05, 4.69) is 12.2 Å². The van der Waals surface area contributed by atoms with Crippen molar-refractivity contribution in [2.24, 2.45) is 5.73 Å². The Kier molecular flexibility index (Phi) is 8.08. The van der Waals surface area contributed by atoms with Gasteiger partial charge in [0.1, 0.15) is 0 Å². The maximum atomic E-state index is 12.0. The SMILES string of the molecule is CCCC(C)NC(=O)C(C)N(CC)CC(N)=S. The number of carbonyl (C=O) groups is 1. The predicted octanol–water partition coefficient (Wildman–Crippen LogP) is 1.29. The van der Waals surface area contributed by atoms with E-state index < -0.39 is 0 Å². The minimum absolute atomic E-state index is 0.0454. The highest BCUT2D eigenvalue weighted by atomic mass is 32.1. The summed E-state index contributed by atoms with van der Waals surface area (Å²) < 4.78 is 0. The van der Waals surface area contributed by atoms with Gasteiger partial charge >= 0.3 is 0 Å². The van der Waals surface area contributed by atoms with Crippen molar-refractivity contribution in [1.82, 2.24) is 10.2 Å². The number of nitrogens with zero attached hydrogens (tertiary/aromatic N) is 1. The molecule has 2 atom stereocenters. The molecule has 0 aliphatic heterocycles. The van der Waals surface area contributed by atoms with Crippen LogP contribution in [0.1, 0.15) is 40.5 Å². The number of hydrogen-bond donors (Lipinski definition) is 2. The second kappa shape index (κ2) is 8.42. The van der Waals surface area contributed by atoms with Gasteiger partial charge in [-0.25, -0.2) is 0 Å². The van der Waals surface area contributed by atoms with Crippen LogP contribution in [0, 0.1) is 0 Å². The number of nitrogens with two attached hydrogens (primary N) is 1. The van der Waals surface area contributed by atoms with E-state index >= 15 is 0 Å². The predicted molar refractivity (Wildman–Crippen MR) is 76.0 cm³/mol. The minimum atomic E-state index is -0.194. The van der Waals surface area contributed by atoms with Crippen LogP contribution in [-0.2, 0) is 4.79 Å². The molecule has 3 N–H and O–H groups in total. The van der Waals surface area contributed by atoms with Crippen LogP contribution < -0.4 is 11.1 Å². The molecule has 0 saturated heterocycles. The zero-order chi connectivity index (χ0) is 13.4. The summed E-state index contributed by atoms with van der Waals surface area (Å²) in [4.78, 5) is 14.4. The molecule has 0 aliphatic rings. The molecule has 0 spiro atoms. The number of thiocarbonyl (C=S) groups is 1. The molecule has 0 fully saturated rings. The van der Waals surface area contributed by atoms with Crippen LogP contribution in [0.3, 0.4) is 0 Å². The van der Waals surface area contributed by atoms with Gasteiger partial charge in [-0.3, -0.25) is 9.69 Å². The Bertz CT molecular complexity index is 258. The van der Waals surface area contributed by atoms with Crippen molar-refractivity contribution in [2.75, 3.05) is 13.1 Å². The van der Waals surface area contributed by atoms with E-state index in [4.69, 9.17) is 18.0 Å². The third kappa shape index (κ3) is 6.58. The van der Waals surface area contributed by atoms with Gasteiger partial charge in [0.15, 0.2) is 0 Å². The molecule has 0 heterocycles. The van der Waals surface area contributed by atoms with Gasteiger partial charge in [0.05, 0.1) is 11.0 Å². The summed E-state index contributed by atoms with van der Waals surface area (Å²) in [6, 6.07) is 0.0271. The van der Waals surface area contributed by atoms with Crippen LogP contribution in [0.5, 0.6) is 0 Å². The van der Waals surface area contributed by atoms with E-state index in [0.717, 1.165) is 19.4 Å². The lowest BCUT2D eigenvalue weighted by atomic mass is 10.1. The number of rotatable bonds is 8. The Morgan fingerprint density at radius 1 is 1.41 bits per heavy atom. The van der Waals surface area contributed by atoms with E-state index in [-0.39, 0.29) is 18.0 Å². The summed E-state index contributed by atoms with van der Waals surface area (Å²) in [5, 5.41) is 3.00. The van der Waals surface area contributed by atoms with Crippen LogP contribution in [0.25, 0.3) is 0 Å².